The molecule has 20 heteroatoms. The predicted octanol–water partition coefficient (Wildman–Crippen LogP) is 3.90. The minimum absolute atomic E-state index is 0. The summed E-state index contributed by atoms with van der Waals surface area (Å²) in [4.78, 5) is 37.9. The zero-order valence-electron chi connectivity index (χ0n) is 24.1. The first-order chi connectivity index (χ1) is 20.2. The maximum Gasteiger partial charge on any atom is 0.490 e. The summed E-state index contributed by atoms with van der Waals surface area (Å²) in [6.07, 6.45) is 1.26. The Balaban J connectivity index is 0.00000230. The van der Waals surface area contributed by atoms with E-state index < -0.39 is 42.4 Å². The second-order valence-electron chi connectivity index (χ2n) is 10.6. The first-order valence-electron chi connectivity index (χ1n) is 13.1. The van der Waals surface area contributed by atoms with Crippen LogP contribution >= 0.6 is 23.5 Å². The molecule has 3 aromatic rings. The predicted molar refractivity (Wildman–Crippen MR) is 157 cm³/mol. The Bertz CT molecular complexity index is 1690. The summed E-state index contributed by atoms with van der Waals surface area (Å²) in [5.41, 5.74) is 5.92. The molecule has 1 aromatic heterocycles. The van der Waals surface area contributed by atoms with Gasteiger partial charge in [-0.05, 0) is 12.3 Å². The first kappa shape index (κ1) is 36.9. The fourth-order valence-corrected chi connectivity index (χ4v) is 8.65. The molecule has 45 heavy (non-hydrogen) atoms. The fraction of sp³-hybridized carbons (Fsp3) is 0.360. The summed E-state index contributed by atoms with van der Waals surface area (Å²) in [6, 6.07) is 16.3. The summed E-state index contributed by atoms with van der Waals surface area (Å²) in [5, 5.41) is 9.00. The van der Waals surface area contributed by atoms with Gasteiger partial charge in [0.25, 0.3) is 0 Å². The van der Waals surface area contributed by atoms with Gasteiger partial charge in [-0.2, -0.15) is 20.5 Å². The van der Waals surface area contributed by atoms with Crippen molar-refractivity contribution in [2.45, 2.75) is 44.2 Å². The molecule has 2 aliphatic carbocycles. The first-order valence-corrected chi connectivity index (χ1v) is 17.7. The Morgan fingerprint density at radius 2 is 1.60 bits per heavy atom. The second kappa shape index (κ2) is 13.9. The van der Waals surface area contributed by atoms with Crippen molar-refractivity contribution in [1.29, 1.82) is 0 Å². The van der Waals surface area contributed by atoms with Crippen LogP contribution < -0.4 is 0 Å². The molecule has 7 atom stereocenters. The van der Waals surface area contributed by atoms with Gasteiger partial charge in [-0.15, -0.1) is 5.10 Å². The van der Waals surface area contributed by atoms with Gasteiger partial charge >= 0.3 is 23.5 Å². The van der Waals surface area contributed by atoms with Gasteiger partial charge in [-0.1, -0.05) is 71.8 Å². The molecular formula is C25H30BN4O11P3Y-2. The average Bonchev–Trinajstić information content (AvgIpc) is 3.44. The van der Waals surface area contributed by atoms with E-state index in [0.29, 0.717) is 12.3 Å². The van der Waals surface area contributed by atoms with Crippen molar-refractivity contribution >= 4 is 31.4 Å². The number of nitrogens with zero attached hydrogens (tertiary/aromatic N) is 4. The third-order valence-electron chi connectivity index (χ3n) is 7.57. The van der Waals surface area contributed by atoms with E-state index >= 15 is 0 Å². The summed E-state index contributed by atoms with van der Waals surface area (Å²) in [5.74, 6) is 0.337. The van der Waals surface area contributed by atoms with Crippen LogP contribution in [0.15, 0.2) is 48.5 Å². The van der Waals surface area contributed by atoms with Gasteiger partial charge in [-0.3, -0.25) is 4.52 Å². The monoisotopic (exact) mass is 755 g/mol. The van der Waals surface area contributed by atoms with Crippen LogP contribution in [-0.2, 0) is 71.0 Å². The standard InChI is InChI=1S/C24H27BN4O11P3.CH3.Y/c1-14-10-22(38-21(14)12-37-42(33,34)40-43(35,36)39-41(30,31)32)28(25)13-29-24-18-9-5-3-7-16(18)20-11-19(20)15-6-2-4-8-17(15)23(24)26-27-29;;/h2-9,11,14,19-22H,10,12-13H2,1H3,(H,33,34)(H,35,36)(H2,30,31,32);1H3;/q2*-1;/t14?,19?,20?,21-,22-;;/m1../s1. The van der Waals surface area contributed by atoms with E-state index in [0.717, 1.165) is 22.5 Å². The van der Waals surface area contributed by atoms with Crippen LogP contribution in [0.3, 0.4) is 0 Å². The molecule has 15 nitrogen and oxygen atoms in total. The topological polar surface area (TPSA) is 203 Å². The molecule has 0 bridgehead atoms. The maximum absolute atomic E-state index is 12.1. The quantitative estimate of drug-likeness (QED) is 0.132. The van der Waals surface area contributed by atoms with Gasteiger partial charge in [0.05, 0.1) is 25.1 Å². The summed E-state index contributed by atoms with van der Waals surface area (Å²) >= 11 is 0. The summed E-state index contributed by atoms with van der Waals surface area (Å²) < 4.78 is 54.5. The molecule has 239 valence electrons. The van der Waals surface area contributed by atoms with Crippen molar-refractivity contribution in [1.82, 2.24) is 19.8 Å². The van der Waals surface area contributed by atoms with Crippen molar-refractivity contribution < 1.29 is 83.9 Å². The fourth-order valence-electron chi connectivity index (χ4n) is 5.62. The SMILES string of the molecule is [B]N(Cn1nnc2c1-c1ccccc1C1[CH-]C1c1ccccc1-2)[C@H]1CC(C)[C@@H](COP(=O)(O)OP(=O)(O)OP(=O)(O)O)O1.[CH3-].[Y]. The maximum atomic E-state index is 12.1. The Kier molecular flexibility index (Phi) is 11.4. The van der Waals surface area contributed by atoms with E-state index in [9.17, 15) is 23.5 Å². The van der Waals surface area contributed by atoms with Crippen LogP contribution in [0, 0.1) is 19.8 Å². The number of hydrogen-bond donors (Lipinski definition) is 4. The van der Waals surface area contributed by atoms with Crippen LogP contribution in [0.1, 0.15) is 36.3 Å². The van der Waals surface area contributed by atoms with E-state index in [1.54, 1.807) is 11.6 Å². The number of phosphoric acid groups is 3. The smallest absolute Gasteiger partial charge is 0.358 e. The molecular weight excluding hydrogens is 725 g/mol. The number of benzene rings is 2. The van der Waals surface area contributed by atoms with Gasteiger partial charge in [0.2, 0.25) is 0 Å². The molecule has 2 heterocycles. The number of hydrogen-bond acceptors (Lipinski definition) is 10. The zero-order chi connectivity index (χ0) is 30.7. The molecule has 6 rings (SSSR count). The van der Waals surface area contributed by atoms with Crippen molar-refractivity contribution in [2.75, 3.05) is 6.61 Å². The van der Waals surface area contributed by atoms with Crippen molar-refractivity contribution in [2.24, 2.45) is 5.92 Å². The van der Waals surface area contributed by atoms with Gasteiger partial charge < -0.3 is 43.0 Å². The third kappa shape index (κ3) is 8.21. The van der Waals surface area contributed by atoms with E-state index in [2.05, 4.69) is 37.5 Å². The van der Waals surface area contributed by atoms with Crippen LogP contribution in [-0.4, -0.2) is 66.3 Å². The zero-order valence-corrected chi connectivity index (χ0v) is 29.7. The van der Waals surface area contributed by atoms with Gasteiger partial charge in [0.1, 0.15) is 11.9 Å². The average molecular weight is 755 g/mol. The molecule has 0 amide bonds. The molecule has 3 radical (unpaired) electrons. The molecule has 4 N–H and O–H groups in total. The van der Waals surface area contributed by atoms with E-state index in [-0.39, 0.29) is 58.6 Å². The van der Waals surface area contributed by atoms with Gasteiger partial charge in [0.15, 0.2) is 7.98 Å². The Hall–Kier alpha value is -0.921. The minimum Gasteiger partial charge on any atom is -0.358 e. The molecule has 0 spiro atoms. The molecule has 2 fully saturated rings. The van der Waals surface area contributed by atoms with Crippen molar-refractivity contribution in [3.05, 3.63) is 73.5 Å². The Morgan fingerprint density at radius 1 is 1.00 bits per heavy atom. The van der Waals surface area contributed by atoms with Crippen LogP contribution in [0.2, 0.25) is 0 Å². The van der Waals surface area contributed by atoms with Crippen molar-refractivity contribution in [3.63, 3.8) is 0 Å². The van der Waals surface area contributed by atoms with Gasteiger partial charge in [0, 0.05) is 43.8 Å². The summed E-state index contributed by atoms with van der Waals surface area (Å²) in [7, 11) is -9.94. The molecule has 2 aromatic carbocycles. The third-order valence-corrected chi connectivity index (χ3v) is 11.4. The largest absolute Gasteiger partial charge is 0.490 e. The molecule has 1 saturated carbocycles. The van der Waals surface area contributed by atoms with Crippen LogP contribution in [0.25, 0.3) is 22.5 Å². The van der Waals surface area contributed by atoms with E-state index in [1.807, 2.05) is 36.4 Å². The van der Waals surface area contributed by atoms with E-state index in [1.165, 1.54) is 15.9 Å². The normalized spacial score (nSPS) is 26.0. The van der Waals surface area contributed by atoms with Crippen LogP contribution in [0.5, 0.6) is 0 Å². The second-order valence-corrected chi connectivity index (χ2v) is 15.0. The number of ether oxygens (including phenoxy) is 1. The van der Waals surface area contributed by atoms with E-state index in [4.69, 9.17) is 27.0 Å². The summed E-state index contributed by atoms with van der Waals surface area (Å²) in [6.45, 7) is 1.33. The number of phosphoric ester groups is 1. The Morgan fingerprint density at radius 3 is 2.24 bits per heavy atom. The minimum atomic E-state index is -5.62. The van der Waals surface area contributed by atoms with Crippen molar-refractivity contribution in [3.8, 4) is 22.5 Å². The van der Waals surface area contributed by atoms with Gasteiger partial charge in [-0.25, -0.2) is 18.4 Å². The number of rotatable bonds is 10. The number of aromatic nitrogens is 3. The molecule has 5 unspecified atom stereocenters. The molecule has 1 saturated heterocycles. The Labute approximate surface area is 286 Å². The molecule has 1 aliphatic heterocycles. The number of fused-ring (bicyclic) bond motifs is 8. The van der Waals surface area contributed by atoms with Crippen LogP contribution in [0.4, 0.5) is 0 Å². The molecule has 3 aliphatic rings.